The van der Waals surface area contributed by atoms with Gasteiger partial charge in [0.25, 0.3) is 0 Å². The molecule has 0 heterocycles. The molecule has 4 N–H and O–H groups in total. The highest BCUT2D eigenvalue weighted by molar-refractivity contribution is 9.10. The van der Waals surface area contributed by atoms with E-state index in [0.717, 1.165) is 12.1 Å². The minimum Gasteiger partial charge on any atom is -0.409 e. The van der Waals surface area contributed by atoms with Gasteiger partial charge in [-0.2, -0.15) is 0 Å². The first-order valence-electron chi connectivity index (χ1n) is 4.39. The number of amidine groups is 1. The Bertz CT molecular complexity index is 389. The molecule has 0 fully saturated rings. The van der Waals surface area contributed by atoms with Gasteiger partial charge in [-0.3, -0.25) is 0 Å². The SMILES string of the molecule is NC(CCNc1c(F)cc(Br)cc1F)=NO. The third-order valence-electron chi connectivity index (χ3n) is 1.82. The maximum atomic E-state index is 13.3. The lowest BCUT2D eigenvalue weighted by Crippen LogP contribution is -2.17. The Balaban J connectivity index is 2.67. The molecular formula is C9H10BrF2N3O. The lowest BCUT2D eigenvalue weighted by atomic mass is 10.3. The summed E-state index contributed by atoms with van der Waals surface area (Å²) in [5.41, 5.74) is 4.97. The molecule has 1 rings (SSSR count). The van der Waals surface area contributed by atoms with E-state index in [1.165, 1.54) is 0 Å². The quantitative estimate of drug-likeness (QED) is 0.345. The molecule has 0 unspecified atom stereocenters. The number of benzene rings is 1. The highest BCUT2D eigenvalue weighted by Gasteiger charge is 2.09. The predicted octanol–water partition coefficient (Wildman–Crippen LogP) is 2.28. The van der Waals surface area contributed by atoms with Crippen molar-refractivity contribution in [1.82, 2.24) is 0 Å². The number of rotatable bonds is 4. The summed E-state index contributed by atoms with van der Waals surface area (Å²) in [5, 5.41) is 13.5. The molecule has 0 amide bonds. The number of nitrogens with one attached hydrogen (secondary N) is 1. The summed E-state index contributed by atoms with van der Waals surface area (Å²) in [6.45, 7) is 0.172. The normalized spacial score (nSPS) is 11.6. The van der Waals surface area contributed by atoms with Crippen LogP contribution >= 0.6 is 15.9 Å². The number of anilines is 1. The van der Waals surface area contributed by atoms with Gasteiger partial charge in [-0.05, 0) is 12.1 Å². The molecule has 0 aromatic heterocycles. The van der Waals surface area contributed by atoms with Gasteiger partial charge in [-0.1, -0.05) is 21.1 Å². The number of nitrogens with zero attached hydrogens (tertiary/aromatic N) is 1. The standard InChI is InChI=1S/C9H10BrF2N3O/c10-5-3-6(11)9(7(12)4-5)14-2-1-8(13)15-16/h3-4,14,16H,1-2H2,(H2,13,15). The molecule has 88 valence electrons. The molecule has 0 radical (unpaired) electrons. The van der Waals surface area contributed by atoms with Gasteiger partial charge in [-0.25, -0.2) is 8.78 Å². The van der Waals surface area contributed by atoms with Gasteiger partial charge in [0.15, 0.2) is 0 Å². The molecule has 0 bridgehead atoms. The second kappa shape index (κ2) is 5.64. The first-order valence-corrected chi connectivity index (χ1v) is 5.18. The van der Waals surface area contributed by atoms with Crippen molar-refractivity contribution >= 4 is 27.5 Å². The summed E-state index contributed by atoms with van der Waals surface area (Å²) in [4.78, 5) is 0. The zero-order chi connectivity index (χ0) is 12.1. The van der Waals surface area contributed by atoms with Gasteiger partial charge in [-0.15, -0.1) is 0 Å². The van der Waals surface area contributed by atoms with E-state index in [9.17, 15) is 8.78 Å². The molecule has 0 atom stereocenters. The lowest BCUT2D eigenvalue weighted by Gasteiger charge is -2.08. The maximum Gasteiger partial charge on any atom is 0.150 e. The Morgan fingerprint density at radius 2 is 2.00 bits per heavy atom. The smallest absolute Gasteiger partial charge is 0.150 e. The average Bonchev–Trinajstić information content (AvgIpc) is 2.21. The van der Waals surface area contributed by atoms with E-state index in [2.05, 4.69) is 26.4 Å². The summed E-state index contributed by atoms with van der Waals surface area (Å²) < 4.78 is 26.9. The van der Waals surface area contributed by atoms with Crippen LogP contribution in [-0.4, -0.2) is 17.6 Å². The first-order chi connectivity index (χ1) is 7.54. The average molecular weight is 294 g/mol. The van der Waals surface area contributed by atoms with Crippen LogP contribution in [0.15, 0.2) is 21.8 Å². The summed E-state index contributed by atoms with van der Waals surface area (Å²) in [6, 6.07) is 2.30. The zero-order valence-corrected chi connectivity index (χ0v) is 9.76. The van der Waals surface area contributed by atoms with Crippen LogP contribution in [0.2, 0.25) is 0 Å². The molecule has 0 saturated carbocycles. The Morgan fingerprint density at radius 3 is 2.50 bits per heavy atom. The molecule has 1 aromatic rings. The molecule has 16 heavy (non-hydrogen) atoms. The molecule has 0 aliphatic carbocycles. The van der Waals surface area contributed by atoms with Crippen molar-refractivity contribution in [2.24, 2.45) is 10.9 Å². The van der Waals surface area contributed by atoms with Crippen molar-refractivity contribution in [3.05, 3.63) is 28.2 Å². The monoisotopic (exact) mass is 293 g/mol. The van der Waals surface area contributed by atoms with Gasteiger partial charge in [0.2, 0.25) is 0 Å². The fourth-order valence-electron chi connectivity index (χ4n) is 1.08. The topological polar surface area (TPSA) is 70.6 Å². The second-order valence-corrected chi connectivity index (χ2v) is 3.93. The Kier molecular flexibility index (Phi) is 4.48. The number of oxime groups is 1. The van der Waals surface area contributed by atoms with E-state index in [1.807, 2.05) is 0 Å². The fraction of sp³-hybridized carbons (Fsp3) is 0.222. The van der Waals surface area contributed by atoms with Crippen molar-refractivity contribution in [2.45, 2.75) is 6.42 Å². The number of hydrogen-bond donors (Lipinski definition) is 3. The predicted molar refractivity (Wildman–Crippen MR) is 60.6 cm³/mol. The largest absolute Gasteiger partial charge is 0.409 e. The summed E-state index contributed by atoms with van der Waals surface area (Å²) in [7, 11) is 0. The number of hydrogen-bond acceptors (Lipinski definition) is 3. The maximum absolute atomic E-state index is 13.3. The van der Waals surface area contributed by atoms with Gasteiger partial charge in [0.05, 0.1) is 0 Å². The molecule has 7 heteroatoms. The van der Waals surface area contributed by atoms with E-state index in [1.54, 1.807) is 0 Å². The van der Waals surface area contributed by atoms with E-state index in [0.29, 0.717) is 4.47 Å². The van der Waals surface area contributed by atoms with Gasteiger partial charge in [0, 0.05) is 17.4 Å². The van der Waals surface area contributed by atoms with Crippen LogP contribution in [0.3, 0.4) is 0 Å². The minimum absolute atomic E-state index is 0.00886. The van der Waals surface area contributed by atoms with Crippen molar-refractivity contribution in [1.29, 1.82) is 0 Å². The summed E-state index contributed by atoms with van der Waals surface area (Å²) >= 11 is 2.97. The molecule has 4 nitrogen and oxygen atoms in total. The summed E-state index contributed by atoms with van der Waals surface area (Å²) in [5.74, 6) is -1.41. The Hall–Kier alpha value is -1.37. The van der Waals surface area contributed by atoms with Crippen LogP contribution in [0, 0.1) is 11.6 Å². The van der Waals surface area contributed by atoms with E-state index in [-0.39, 0.29) is 24.5 Å². The van der Waals surface area contributed by atoms with Crippen molar-refractivity contribution in [3.8, 4) is 0 Å². The third-order valence-corrected chi connectivity index (χ3v) is 2.28. The third kappa shape index (κ3) is 3.34. The van der Waals surface area contributed by atoms with Gasteiger partial charge in [0.1, 0.15) is 23.2 Å². The summed E-state index contributed by atoms with van der Waals surface area (Å²) in [6.07, 6.45) is 0.186. The Morgan fingerprint density at radius 1 is 1.44 bits per heavy atom. The highest BCUT2D eigenvalue weighted by atomic mass is 79.9. The van der Waals surface area contributed by atoms with E-state index >= 15 is 0 Å². The van der Waals surface area contributed by atoms with Crippen LogP contribution in [0.4, 0.5) is 14.5 Å². The van der Waals surface area contributed by atoms with E-state index < -0.39 is 11.6 Å². The van der Waals surface area contributed by atoms with Gasteiger partial charge < -0.3 is 16.3 Å². The minimum atomic E-state index is -0.702. The van der Waals surface area contributed by atoms with Crippen LogP contribution in [0.1, 0.15) is 6.42 Å². The van der Waals surface area contributed by atoms with Crippen LogP contribution in [-0.2, 0) is 0 Å². The van der Waals surface area contributed by atoms with E-state index in [4.69, 9.17) is 10.9 Å². The van der Waals surface area contributed by atoms with Crippen molar-refractivity contribution in [2.75, 3.05) is 11.9 Å². The number of halogens is 3. The molecule has 0 aliphatic heterocycles. The van der Waals surface area contributed by atoms with Crippen LogP contribution in [0.5, 0.6) is 0 Å². The number of nitrogens with two attached hydrogens (primary N) is 1. The highest BCUT2D eigenvalue weighted by Crippen LogP contribution is 2.23. The van der Waals surface area contributed by atoms with Crippen LogP contribution in [0.25, 0.3) is 0 Å². The molecule has 0 aliphatic rings. The Labute approximate surface area is 99.3 Å². The molecule has 0 saturated heterocycles. The fourth-order valence-corrected chi connectivity index (χ4v) is 1.48. The van der Waals surface area contributed by atoms with Crippen molar-refractivity contribution in [3.63, 3.8) is 0 Å². The van der Waals surface area contributed by atoms with Crippen molar-refractivity contribution < 1.29 is 14.0 Å². The molecule has 0 spiro atoms. The van der Waals surface area contributed by atoms with Gasteiger partial charge >= 0.3 is 0 Å². The second-order valence-electron chi connectivity index (χ2n) is 3.01. The zero-order valence-electron chi connectivity index (χ0n) is 8.17. The van der Waals surface area contributed by atoms with Crippen LogP contribution < -0.4 is 11.1 Å². The first kappa shape index (κ1) is 12.7. The lowest BCUT2D eigenvalue weighted by molar-refractivity contribution is 0.317. The molecule has 1 aromatic carbocycles. The molecular weight excluding hydrogens is 284 g/mol.